The average molecular weight is 1010 g/mol. The van der Waals surface area contributed by atoms with Crippen LogP contribution < -0.4 is 36.0 Å². The van der Waals surface area contributed by atoms with Crippen LogP contribution in [-0.4, -0.2) is 6.71 Å². The maximum absolute atomic E-state index is 2.55. The zero-order valence-electron chi connectivity index (χ0n) is 43.3. The van der Waals surface area contributed by atoms with Crippen molar-refractivity contribution in [3.63, 3.8) is 0 Å². The molecule has 0 fully saturated rings. The van der Waals surface area contributed by atoms with E-state index < -0.39 is 0 Å². The zero-order chi connectivity index (χ0) is 52.2. The van der Waals surface area contributed by atoms with E-state index in [-0.39, 0.29) is 6.71 Å². The second-order valence-electron chi connectivity index (χ2n) is 20.4. The van der Waals surface area contributed by atoms with Crippen LogP contribution in [0, 0.1) is 0 Å². The van der Waals surface area contributed by atoms with Gasteiger partial charge in [0, 0.05) is 68.2 Å². The largest absolute Gasteiger partial charge is 0.311 e. The van der Waals surface area contributed by atoms with Crippen molar-refractivity contribution < 1.29 is 0 Å². The number of hydrogen-bond donors (Lipinski definition) is 0. The molecule has 0 unspecified atom stereocenters. The molecule has 15 rings (SSSR count). The van der Waals surface area contributed by atoms with Crippen LogP contribution in [0.1, 0.15) is 0 Å². The molecule has 13 aromatic carbocycles. The van der Waals surface area contributed by atoms with Crippen LogP contribution in [0.3, 0.4) is 0 Å². The maximum atomic E-state index is 2.55. The summed E-state index contributed by atoms with van der Waals surface area (Å²) < 4.78 is 0. The monoisotopic (exact) mass is 1010 g/mol. The van der Waals surface area contributed by atoms with E-state index in [1.165, 1.54) is 54.6 Å². The van der Waals surface area contributed by atoms with Crippen LogP contribution in [0.15, 0.2) is 309 Å². The van der Waals surface area contributed by atoms with Gasteiger partial charge in [-0.3, -0.25) is 0 Å². The second-order valence-corrected chi connectivity index (χ2v) is 20.4. The fourth-order valence-electron chi connectivity index (χ4n) is 12.7. The lowest BCUT2D eigenvalue weighted by Gasteiger charge is -2.45. The summed E-state index contributed by atoms with van der Waals surface area (Å²) in [5, 5.41) is 4.86. The summed E-state index contributed by atoms with van der Waals surface area (Å²) in [6.07, 6.45) is 0. The number of nitrogens with zero attached hydrogens (tertiary/aromatic N) is 4. The van der Waals surface area contributed by atoms with E-state index in [2.05, 4.69) is 329 Å². The Kier molecular flexibility index (Phi) is 11.3. The summed E-state index contributed by atoms with van der Waals surface area (Å²) >= 11 is 0. The topological polar surface area (TPSA) is 13.0 Å². The van der Waals surface area contributed by atoms with E-state index in [1.807, 2.05) is 0 Å². The summed E-state index contributed by atoms with van der Waals surface area (Å²) in [5.74, 6) is 0. The van der Waals surface area contributed by atoms with E-state index in [1.54, 1.807) is 0 Å². The van der Waals surface area contributed by atoms with Gasteiger partial charge in [-0.1, -0.05) is 200 Å². The van der Waals surface area contributed by atoms with Gasteiger partial charge in [-0.15, -0.1) is 0 Å². The number of rotatable bonds is 10. The summed E-state index contributed by atoms with van der Waals surface area (Å²) in [7, 11) is 0. The zero-order valence-corrected chi connectivity index (χ0v) is 43.3. The third-order valence-corrected chi connectivity index (χ3v) is 15.9. The van der Waals surface area contributed by atoms with Gasteiger partial charge in [0.15, 0.2) is 0 Å². The Labute approximate surface area is 461 Å². The first-order chi connectivity index (χ1) is 39.2. The molecule has 0 radical (unpaired) electrons. The van der Waals surface area contributed by atoms with Gasteiger partial charge in [-0.25, -0.2) is 0 Å². The van der Waals surface area contributed by atoms with Crippen LogP contribution in [0.25, 0.3) is 43.8 Å². The Morgan fingerprint density at radius 3 is 0.899 bits per heavy atom. The Morgan fingerprint density at radius 2 is 0.544 bits per heavy atom. The number of hydrogen-bond acceptors (Lipinski definition) is 4. The van der Waals surface area contributed by atoms with Crippen molar-refractivity contribution in [1.82, 2.24) is 0 Å². The van der Waals surface area contributed by atoms with Gasteiger partial charge in [0.1, 0.15) is 0 Å². The van der Waals surface area contributed by atoms with Gasteiger partial charge in [0.2, 0.25) is 0 Å². The third kappa shape index (κ3) is 7.77. The van der Waals surface area contributed by atoms with E-state index in [9.17, 15) is 0 Å². The summed E-state index contributed by atoms with van der Waals surface area (Å²) in [6, 6.07) is 113. The molecule has 79 heavy (non-hydrogen) atoms. The molecule has 13 aromatic rings. The molecule has 2 heterocycles. The first-order valence-electron chi connectivity index (χ1n) is 27.2. The molecule has 0 spiro atoms. The molecule has 0 atom stereocenters. The lowest BCUT2D eigenvalue weighted by atomic mass is 9.33. The molecule has 0 bridgehead atoms. The first-order valence-corrected chi connectivity index (χ1v) is 27.2. The van der Waals surface area contributed by atoms with Gasteiger partial charge in [0.25, 0.3) is 6.71 Å². The fraction of sp³-hybridized carbons (Fsp3) is 0. The lowest BCUT2D eigenvalue weighted by molar-refractivity contribution is 1.23. The molecule has 0 aromatic heterocycles. The molecule has 4 nitrogen and oxygen atoms in total. The smallest absolute Gasteiger partial charge is 0.252 e. The predicted molar refractivity (Wildman–Crippen MR) is 336 cm³/mol. The highest BCUT2D eigenvalue weighted by molar-refractivity contribution is 7.00. The van der Waals surface area contributed by atoms with E-state index >= 15 is 0 Å². The van der Waals surface area contributed by atoms with Crippen LogP contribution >= 0.6 is 0 Å². The molecular weight excluding hydrogens is 956 g/mol. The number of benzene rings is 13. The Morgan fingerprint density at radius 1 is 0.241 bits per heavy atom. The standard InChI is InChI=1S/C74H51BN4/c1-8-26-52(27-9-1)72-62-40-22-24-42-64(62)73(65-43-25-23-41-63(65)72)53-48-70-74-71(49-53)79(59-38-20-7-21-39-59)69-51-61(77(56-32-14-4-15-33-56)57-34-16-5-17-35-57)45-47-67(69)75(74)66-46-44-60(50-68(66)78(70)58-36-18-6-19-37-58)76(54-28-10-2-11-29-54)55-30-12-3-13-31-55/h1-51H. The highest BCUT2D eigenvalue weighted by Gasteiger charge is 2.44. The number of fused-ring (bicyclic) bond motifs is 6. The highest BCUT2D eigenvalue weighted by atomic mass is 15.2. The number of para-hydroxylation sites is 6. The van der Waals surface area contributed by atoms with Crippen LogP contribution in [0.4, 0.5) is 68.2 Å². The normalized spacial score (nSPS) is 12.2. The quantitative estimate of drug-likeness (QED) is 0.1000. The summed E-state index contributed by atoms with van der Waals surface area (Å²) in [6.45, 7) is -0.134. The predicted octanol–water partition coefficient (Wildman–Crippen LogP) is 18.3. The van der Waals surface area contributed by atoms with Crippen molar-refractivity contribution in [1.29, 1.82) is 0 Å². The molecule has 2 aliphatic heterocycles. The molecule has 370 valence electrons. The Balaban J connectivity index is 1.07. The van der Waals surface area contributed by atoms with E-state index in [0.717, 1.165) is 73.8 Å². The number of anilines is 12. The van der Waals surface area contributed by atoms with E-state index in [4.69, 9.17) is 0 Å². The van der Waals surface area contributed by atoms with Gasteiger partial charge in [0.05, 0.1) is 0 Å². The van der Waals surface area contributed by atoms with Gasteiger partial charge < -0.3 is 19.6 Å². The Bertz CT molecular complexity index is 4030. The molecular formula is C74H51BN4. The van der Waals surface area contributed by atoms with Crippen LogP contribution in [0.5, 0.6) is 0 Å². The third-order valence-electron chi connectivity index (χ3n) is 15.9. The molecule has 0 aliphatic carbocycles. The second kappa shape index (κ2) is 19.3. The minimum Gasteiger partial charge on any atom is -0.311 e. The van der Waals surface area contributed by atoms with Crippen molar-refractivity contribution >= 4 is 113 Å². The Hall–Kier alpha value is -10.4. The average Bonchev–Trinajstić information content (AvgIpc) is 3.34. The van der Waals surface area contributed by atoms with Crippen molar-refractivity contribution in [2.45, 2.75) is 0 Å². The molecule has 0 saturated heterocycles. The summed E-state index contributed by atoms with van der Waals surface area (Å²) in [4.78, 5) is 9.86. The van der Waals surface area contributed by atoms with E-state index in [0.29, 0.717) is 0 Å². The van der Waals surface area contributed by atoms with Gasteiger partial charge in [-0.2, -0.15) is 0 Å². The lowest BCUT2D eigenvalue weighted by Crippen LogP contribution is -2.61. The maximum Gasteiger partial charge on any atom is 0.252 e. The van der Waals surface area contributed by atoms with Gasteiger partial charge >= 0.3 is 0 Å². The van der Waals surface area contributed by atoms with Gasteiger partial charge in [-0.05, 0) is 169 Å². The van der Waals surface area contributed by atoms with Crippen molar-refractivity contribution in [2.24, 2.45) is 0 Å². The minimum atomic E-state index is -0.134. The van der Waals surface area contributed by atoms with Crippen LogP contribution in [-0.2, 0) is 0 Å². The molecule has 5 heteroatoms. The van der Waals surface area contributed by atoms with Crippen LogP contribution in [0.2, 0.25) is 0 Å². The molecule has 2 aliphatic rings. The summed E-state index contributed by atoms with van der Waals surface area (Å²) in [5.41, 5.74) is 21.8. The SMILES string of the molecule is c1ccc(-c2c3ccccc3c(-c3cc4c5c(c3)N(c3ccccc3)c3cc(N(c6ccccc6)c6ccccc6)ccc3B5c3ccc(N(c5ccccc5)c5ccccc5)cc3N4c3ccccc3)c3ccccc23)cc1. The molecule has 0 N–H and O–H groups in total. The highest BCUT2D eigenvalue weighted by Crippen LogP contribution is 2.51. The van der Waals surface area contributed by atoms with Crippen molar-refractivity contribution in [3.05, 3.63) is 309 Å². The van der Waals surface area contributed by atoms with Crippen molar-refractivity contribution in [2.75, 3.05) is 19.6 Å². The minimum absolute atomic E-state index is 0.134. The van der Waals surface area contributed by atoms with Crippen molar-refractivity contribution in [3.8, 4) is 22.3 Å². The fourth-order valence-corrected chi connectivity index (χ4v) is 12.7. The first kappa shape index (κ1) is 46.0. The molecule has 0 saturated carbocycles. The molecule has 0 amide bonds.